The average molecular weight is 222 g/mol. The van der Waals surface area contributed by atoms with Crippen molar-refractivity contribution in [3.05, 3.63) is 18.0 Å². The lowest BCUT2D eigenvalue weighted by molar-refractivity contribution is 0.355. The summed E-state index contributed by atoms with van der Waals surface area (Å²) in [6, 6.07) is 3.58. The van der Waals surface area contributed by atoms with Crippen molar-refractivity contribution in [1.29, 1.82) is 0 Å². The fourth-order valence-electron chi connectivity index (χ4n) is 1.53. The van der Waals surface area contributed by atoms with Crippen LogP contribution in [0, 0.1) is 0 Å². The van der Waals surface area contributed by atoms with Crippen LogP contribution in [0.3, 0.4) is 0 Å². The minimum Gasteiger partial charge on any atom is -0.493 e. The Bertz CT molecular complexity index is 452. The van der Waals surface area contributed by atoms with Crippen molar-refractivity contribution in [3.63, 3.8) is 0 Å². The summed E-state index contributed by atoms with van der Waals surface area (Å²) in [6.45, 7) is 0.597. The van der Waals surface area contributed by atoms with Gasteiger partial charge in [0.15, 0.2) is 17.1 Å². The molecule has 1 N–H and O–H groups in total. The topological polar surface area (TPSA) is 56.5 Å². The van der Waals surface area contributed by atoms with Gasteiger partial charge in [-0.05, 0) is 7.05 Å². The molecule has 1 heterocycles. The fourth-order valence-corrected chi connectivity index (χ4v) is 1.53. The lowest BCUT2D eigenvalue weighted by Crippen LogP contribution is -2.04. The highest BCUT2D eigenvalue weighted by Gasteiger charge is 2.11. The van der Waals surface area contributed by atoms with Gasteiger partial charge in [0.05, 0.1) is 20.8 Å². The number of nitrogens with one attached hydrogen (secondary N) is 1. The second-order valence-electron chi connectivity index (χ2n) is 3.31. The normalized spacial score (nSPS) is 10.7. The fraction of sp³-hybridized carbons (Fsp3) is 0.364. The molecule has 0 aliphatic rings. The maximum absolute atomic E-state index is 5.54. The van der Waals surface area contributed by atoms with Gasteiger partial charge >= 0.3 is 0 Å². The van der Waals surface area contributed by atoms with Crippen molar-refractivity contribution in [2.75, 3.05) is 21.3 Å². The summed E-state index contributed by atoms with van der Waals surface area (Å²) in [5.74, 6) is 1.94. The first-order chi connectivity index (χ1) is 7.78. The Morgan fingerprint density at radius 3 is 2.56 bits per heavy atom. The van der Waals surface area contributed by atoms with Crippen molar-refractivity contribution < 1.29 is 13.9 Å². The number of hydrogen-bond donors (Lipinski definition) is 1. The molecule has 0 bridgehead atoms. The van der Waals surface area contributed by atoms with E-state index in [2.05, 4.69) is 10.3 Å². The highest BCUT2D eigenvalue weighted by Crippen LogP contribution is 2.32. The van der Waals surface area contributed by atoms with Crippen LogP contribution in [-0.4, -0.2) is 26.3 Å². The van der Waals surface area contributed by atoms with Crippen LogP contribution in [0.15, 0.2) is 16.5 Å². The van der Waals surface area contributed by atoms with E-state index in [1.807, 2.05) is 7.05 Å². The number of fused-ring (bicyclic) bond motifs is 1. The lowest BCUT2D eigenvalue weighted by Gasteiger charge is -2.05. The monoisotopic (exact) mass is 222 g/mol. The highest BCUT2D eigenvalue weighted by molar-refractivity contribution is 5.77. The molecular formula is C11H14N2O3. The standard InChI is InChI=1S/C11H14N2O3/c1-12-6-11-13-7-4-9(14-2)10(15-3)5-8(7)16-11/h4-5,12H,6H2,1-3H3. The molecule has 0 radical (unpaired) electrons. The Labute approximate surface area is 93.4 Å². The first-order valence-electron chi connectivity index (χ1n) is 4.94. The first kappa shape index (κ1) is 10.8. The van der Waals surface area contributed by atoms with Crippen LogP contribution in [0.4, 0.5) is 0 Å². The Morgan fingerprint density at radius 1 is 1.25 bits per heavy atom. The molecule has 16 heavy (non-hydrogen) atoms. The van der Waals surface area contributed by atoms with Crippen molar-refractivity contribution >= 4 is 11.1 Å². The van der Waals surface area contributed by atoms with Crippen LogP contribution in [0.5, 0.6) is 11.5 Å². The van der Waals surface area contributed by atoms with Crippen LogP contribution in [0.25, 0.3) is 11.1 Å². The minimum atomic E-state index is 0.597. The second-order valence-corrected chi connectivity index (χ2v) is 3.31. The summed E-state index contributed by atoms with van der Waals surface area (Å²) in [5, 5.41) is 2.98. The van der Waals surface area contributed by atoms with Gasteiger partial charge in [-0.3, -0.25) is 0 Å². The quantitative estimate of drug-likeness (QED) is 0.850. The number of rotatable bonds is 4. The van der Waals surface area contributed by atoms with Crippen molar-refractivity contribution in [2.24, 2.45) is 0 Å². The Kier molecular flexibility index (Phi) is 2.96. The number of methoxy groups -OCH3 is 2. The van der Waals surface area contributed by atoms with Crippen molar-refractivity contribution in [2.45, 2.75) is 6.54 Å². The smallest absolute Gasteiger partial charge is 0.209 e. The molecular weight excluding hydrogens is 208 g/mol. The zero-order valence-corrected chi connectivity index (χ0v) is 9.53. The predicted octanol–water partition coefficient (Wildman–Crippen LogP) is 1.56. The third kappa shape index (κ3) is 1.81. The lowest BCUT2D eigenvalue weighted by atomic mass is 10.3. The Hall–Kier alpha value is -1.75. The molecule has 2 aromatic rings. The summed E-state index contributed by atoms with van der Waals surface area (Å²) in [6.07, 6.45) is 0. The molecule has 1 aromatic heterocycles. The summed E-state index contributed by atoms with van der Waals surface area (Å²) in [7, 11) is 5.03. The van der Waals surface area contributed by atoms with E-state index in [0.29, 0.717) is 29.5 Å². The van der Waals surface area contributed by atoms with E-state index in [1.165, 1.54) is 0 Å². The second kappa shape index (κ2) is 4.40. The van der Waals surface area contributed by atoms with Crippen LogP contribution >= 0.6 is 0 Å². The molecule has 1 aromatic carbocycles. The maximum atomic E-state index is 5.54. The molecule has 0 atom stereocenters. The van der Waals surface area contributed by atoms with Crippen LogP contribution < -0.4 is 14.8 Å². The Balaban J connectivity index is 2.51. The van der Waals surface area contributed by atoms with Gasteiger partial charge in [-0.15, -0.1) is 0 Å². The van der Waals surface area contributed by atoms with Gasteiger partial charge in [0, 0.05) is 12.1 Å². The van der Waals surface area contributed by atoms with E-state index in [0.717, 1.165) is 5.52 Å². The van der Waals surface area contributed by atoms with E-state index in [1.54, 1.807) is 26.4 Å². The molecule has 0 saturated carbocycles. The van der Waals surface area contributed by atoms with Gasteiger partial charge in [-0.2, -0.15) is 0 Å². The van der Waals surface area contributed by atoms with E-state index in [4.69, 9.17) is 13.9 Å². The highest BCUT2D eigenvalue weighted by atomic mass is 16.5. The number of nitrogens with zero attached hydrogens (tertiary/aromatic N) is 1. The predicted molar refractivity (Wildman–Crippen MR) is 59.9 cm³/mol. The third-order valence-electron chi connectivity index (χ3n) is 2.27. The molecule has 0 spiro atoms. The summed E-state index contributed by atoms with van der Waals surface area (Å²) in [4.78, 5) is 4.32. The van der Waals surface area contributed by atoms with Gasteiger partial charge in [-0.1, -0.05) is 0 Å². The SMILES string of the molecule is CNCc1nc2cc(OC)c(OC)cc2o1. The number of hydrogen-bond acceptors (Lipinski definition) is 5. The van der Waals surface area contributed by atoms with E-state index >= 15 is 0 Å². The van der Waals surface area contributed by atoms with Crippen molar-refractivity contribution in [3.8, 4) is 11.5 Å². The molecule has 0 saturated heterocycles. The molecule has 0 amide bonds. The molecule has 2 rings (SSSR count). The molecule has 0 aliphatic carbocycles. The number of ether oxygens (including phenoxy) is 2. The maximum Gasteiger partial charge on any atom is 0.209 e. The van der Waals surface area contributed by atoms with E-state index in [-0.39, 0.29) is 0 Å². The van der Waals surface area contributed by atoms with Crippen LogP contribution in [-0.2, 0) is 6.54 Å². The Morgan fingerprint density at radius 2 is 1.94 bits per heavy atom. The van der Waals surface area contributed by atoms with E-state index < -0.39 is 0 Å². The van der Waals surface area contributed by atoms with Crippen molar-refractivity contribution in [1.82, 2.24) is 10.3 Å². The number of aromatic nitrogens is 1. The van der Waals surface area contributed by atoms with Gasteiger partial charge in [0.1, 0.15) is 5.52 Å². The first-order valence-corrected chi connectivity index (χ1v) is 4.94. The molecule has 0 aliphatic heterocycles. The molecule has 0 unspecified atom stereocenters. The largest absolute Gasteiger partial charge is 0.493 e. The zero-order valence-electron chi connectivity index (χ0n) is 9.53. The zero-order chi connectivity index (χ0) is 11.5. The third-order valence-corrected chi connectivity index (χ3v) is 2.27. The van der Waals surface area contributed by atoms with Gasteiger partial charge < -0.3 is 19.2 Å². The summed E-state index contributed by atoms with van der Waals surface area (Å²) >= 11 is 0. The summed E-state index contributed by atoms with van der Waals surface area (Å²) in [5.41, 5.74) is 1.46. The molecule has 5 heteroatoms. The van der Waals surface area contributed by atoms with Gasteiger partial charge in [0.25, 0.3) is 0 Å². The van der Waals surface area contributed by atoms with E-state index in [9.17, 15) is 0 Å². The van der Waals surface area contributed by atoms with Crippen LogP contribution in [0.1, 0.15) is 5.89 Å². The van der Waals surface area contributed by atoms with Gasteiger partial charge in [0.2, 0.25) is 5.89 Å². The minimum absolute atomic E-state index is 0.597. The summed E-state index contributed by atoms with van der Waals surface area (Å²) < 4.78 is 15.9. The van der Waals surface area contributed by atoms with Crippen LogP contribution in [0.2, 0.25) is 0 Å². The molecule has 0 fully saturated rings. The average Bonchev–Trinajstić information content (AvgIpc) is 2.68. The molecule has 5 nitrogen and oxygen atoms in total. The number of benzene rings is 1. The number of oxazole rings is 1. The van der Waals surface area contributed by atoms with Gasteiger partial charge in [-0.25, -0.2) is 4.98 Å². The molecule has 86 valence electrons.